The summed E-state index contributed by atoms with van der Waals surface area (Å²) in [4.78, 5) is 0. The van der Waals surface area contributed by atoms with Crippen LogP contribution in [-0.2, 0) is 0 Å². The topological polar surface area (TPSA) is 23.8 Å². The molecule has 0 spiro atoms. The number of rotatable bonds is 3. The Kier molecular flexibility index (Phi) is 2.23. The minimum atomic E-state index is 0.0862. The molecule has 1 rings (SSSR count). The van der Waals surface area contributed by atoms with Gasteiger partial charge in [-0.3, -0.25) is 0 Å². The first-order chi connectivity index (χ1) is 5.16. The quantitative estimate of drug-likeness (QED) is 0.608. The molecule has 0 aliphatic heterocycles. The second-order valence-electron chi connectivity index (χ2n) is 4.03. The van der Waals surface area contributed by atoms with Crippen LogP contribution in [0.5, 0.6) is 0 Å². The fourth-order valence-electron chi connectivity index (χ4n) is 2.20. The van der Waals surface area contributed by atoms with Crippen LogP contribution in [0.4, 0.5) is 0 Å². The number of nitrogens with zero attached hydrogens (tertiary/aromatic N) is 1. The van der Waals surface area contributed by atoms with Gasteiger partial charge in [0.1, 0.15) is 0 Å². The number of hydrogen-bond donors (Lipinski definition) is 0. The summed E-state index contributed by atoms with van der Waals surface area (Å²) < 4.78 is 0. The molecule has 0 radical (unpaired) electrons. The molecule has 1 fully saturated rings. The second kappa shape index (κ2) is 2.85. The Bertz CT molecular complexity index is 172. The van der Waals surface area contributed by atoms with Crippen molar-refractivity contribution in [1.82, 2.24) is 0 Å². The van der Waals surface area contributed by atoms with E-state index in [1.807, 2.05) is 0 Å². The highest BCUT2D eigenvalue weighted by molar-refractivity contribution is 5.13. The van der Waals surface area contributed by atoms with Crippen LogP contribution in [0.3, 0.4) is 0 Å². The third-order valence-electron chi connectivity index (χ3n) is 2.97. The first-order valence-corrected chi connectivity index (χ1v) is 4.57. The van der Waals surface area contributed by atoms with Crippen molar-refractivity contribution >= 4 is 0 Å². The van der Waals surface area contributed by atoms with E-state index in [1.54, 1.807) is 0 Å². The van der Waals surface area contributed by atoms with Gasteiger partial charge in [-0.15, -0.1) is 0 Å². The Labute approximate surface area is 69.4 Å². The SMILES string of the molecule is CCC(C(C)C)C1(C#N)CC1. The van der Waals surface area contributed by atoms with Gasteiger partial charge >= 0.3 is 0 Å². The molecule has 1 heteroatoms. The van der Waals surface area contributed by atoms with Gasteiger partial charge in [0.05, 0.1) is 11.5 Å². The molecule has 0 aromatic carbocycles. The molecule has 0 aromatic heterocycles. The Balaban J connectivity index is 2.63. The molecule has 0 saturated heterocycles. The zero-order valence-corrected chi connectivity index (χ0v) is 7.72. The molecule has 1 aliphatic rings. The Hall–Kier alpha value is -0.510. The van der Waals surface area contributed by atoms with Crippen LogP contribution in [0, 0.1) is 28.6 Å². The minimum absolute atomic E-state index is 0.0862. The second-order valence-corrected chi connectivity index (χ2v) is 4.03. The Morgan fingerprint density at radius 2 is 2.00 bits per heavy atom. The average Bonchev–Trinajstić information content (AvgIpc) is 2.70. The molecule has 62 valence electrons. The monoisotopic (exact) mass is 151 g/mol. The van der Waals surface area contributed by atoms with Gasteiger partial charge < -0.3 is 0 Å². The zero-order valence-electron chi connectivity index (χ0n) is 7.72. The van der Waals surface area contributed by atoms with Crippen LogP contribution in [0.15, 0.2) is 0 Å². The van der Waals surface area contributed by atoms with Crippen LogP contribution in [0.25, 0.3) is 0 Å². The molecule has 1 saturated carbocycles. The van der Waals surface area contributed by atoms with Gasteiger partial charge in [-0.2, -0.15) is 5.26 Å². The number of nitriles is 1. The lowest BCUT2D eigenvalue weighted by Gasteiger charge is -2.23. The smallest absolute Gasteiger partial charge is 0.0692 e. The van der Waals surface area contributed by atoms with Crippen molar-refractivity contribution in [2.24, 2.45) is 17.3 Å². The lowest BCUT2D eigenvalue weighted by Crippen LogP contribution is -2.19. The van der Waals surface area contributed by atoms with Crippen molar-refractivity contribution in [2.45, 2.75) is 40.0 Å². The van der Waals surface area contributed by atoms with Crippen LogP contribution in [0.1, 0.15) is 40.0 Å². The predicted octanol–water partition coefficient (Wildman–Crippen LogP) is 2.97. The third kappa shape index (κ3) is 1.40. The summed E-state index contributed by atoms with van der Waals surface area (Å²) in [6.07, 6.45) is 3.44. The zero-order chi connectivity index (χ0) is 8.48. The molecule has 1 nitrogen and oxygen atoms in total. The van der Waals surface area contributed by atoms with Gasteiger partial charge in [0.15, 0.2) is 0 Å². The largest absolute Gasteiger partial charge is 0.198 e. The van der Waals surface area contributed by atoms with Gasteiger partial charge in [0, 0.05) is 0 Å². The standard InChI is InChI=1S/C10H17N/c1-4-9(8(2)3)10(7-11)5-6-10/h8-9H,4-6H2,1-3H3. The van der Waals surface area contributed by atoms with E-state index in [1.165, 1.54) is 0 Å². The van der Waals surface area contributed by atoms with Gasteiger partial charge in [0.2, 0.25) is 0 Å². The highest BCUT2D eigenvalue weighted by Crippen LogP contribution is 2.54. The maximum atomic E-state index is 8.96. The van der Waals surface area contributed by atoms with Crippen molar-refractivity contribution in [1.29, 1.82) is 5.26 Å². The van der Waals surface area contributed by atoms with Crippen molar-refractivity contribution in [3.8, 4) is 6.07 Å². The van der Waals surface area contributed by atoms with Crippen LogP contribution < -0.4 is 0 Å². The van der Waals surface area contributed by atoms with Gasteiger partial charge in [-0.25, -0.2) is 0 Å². The molecule has 0 bridgehead atoms. The molecule has 1 aliphatic carbocycles. The van der Waals surface area contributed by atoms with Crippen molar-refractivity contribution in [3.63, 3.8) is 0 Å². The van der Waals surface area contributed by atoms with E-state index in [0.717, 1.165) is 19.3 Å². The molecule has 0 heterocycles. The molecule has 0 amide bonds. The van der Waals surface area contributed by atoms with E-state index in [9.17, 15) is 0 Å². The first kappa shape index (κ1) is 8.59. The highest BCUT2D eigenvalue weighted by Gasteiger charge is 2.49. The highest BCUT2D eigenvalue weighted by atomic mass is 14.5. The molecule has 1 atom stereocenters. The van der Waals surface area contributed by atoms with E-state index in [2.05, 4.69) is 26.8 Å². The third-order valence-corrected chi connectivity index (χ3v) is 2.97. The van der Waals surface area contributed by atoms with Crippen molar-refractivity contribution in [3.05, 3.63) is 0 Å². The molecular weight excluding hydrogens is 134 g/mol. The fraction of sp³-hybridized carbons (Fsp3) is 0.900. The Morgan fingerprint density at radius 1 is 1.45 bits per heavy atom. The van der Waals surface area contributed by atoms with E-state index in [0.29, 0.717) is 11.8 Å². The lowest BCUT2D eigenvalue weighted by atomic mass is 9.80. The summed E-state index contributed by atoms with van der Waals surface area (Å²) in [5, 5.41) is 8.96. The maximum Gasteiger partial charge on any atom is 0.0692 e. The molecule has 0 N–H and O–H groups in total. The first-order valence-electron chi connectivity index (χ1n) is 4.57. The lowest BCUT2D eigenvalue weighted by molar-refractivity contribution is 0.276. The fourth-order valence-corrected chi connectivity index (χ4v) is 2.20. The Morgan fingerprint density at radius 3 is 2.09 bits per heavy atom. The normalized spacial score (nSPS) is 22.8. The van der Waals surface area contributed by atoms with E-state index in [-0.39, 0.29) is 5.41 Å². The summed E-state index contributed by atoms with van der Waals surface area (Å²) in [6, 6.07) is 2.48. The summed E-state index contributed by atoms with van der Waals surface area (Å²) in [7, 11) is 0. The van der Waals surface area contributed by atoms with Crippen molar-refractivity contribution < 1.29 is 0 Å². The average molecular weight is 151 g/mol. The molecular formula is C10H17N. The van der Waals surface area contributed by atoms with Gasteiger partial charge in [-0.05, 0) is 24.7 Å². The number of hydrogen-bond acceptors (Lipinski definition) is 1. The van der Waals surface area contributed by atoms with Crippen molar-refractivity contribution in [2.75, 3.05) is 0 Å². The minimum Gasteiger partial charge on any atom is -0.198 e. The summed E-state index contributed by atoms with van der Waals surface area (Å²) in [6.45, 7) is 6.65. The predicted molar refractivity (Wildman–Crippen MR) is 45.9 cm³/mol. The van der Waals surface area contributed by atoms with Crippen LogP contribution in [0.2, 0.25) is 0 Å². The maximum absolute atomic E-state index is 8.96. The molecule has 1 unspecified atom stereocenters. The van der Waals surface area contributed by atoms with E-state index < -0.39 is 0 Å². The molecule has 0 aromatic rings. The summed E-state index contributed by atoms with van der Waals surface area (Å²) >= 11 is 0. The molecule has 11 heavy (non-hydrogen) atoms. The summed E-state index contributed by atoms with van der Waals surface area (Å²) in [5.41, 5.74) is 0.0862. The van der Waals surface area contributed by atoms with Gasteiger partial charge in [0.25, 0.3) is 0 Å². The van der Waals surface area contributed by atoms with Crippen LogP contribution >= 0.6 is 0 Å². The van der Waals surface area contributed by atoms with E-state index in [4.69, 9.17) is 5.26 Å². The van der Waals surface area contributed by atoms with Gasteiger partial charge in [-0.1, -0.05) is 27.2 Å². The van der Waals surface area contributed by atoms with Crippen LogP contribution in [-0.4, -0.2) is 0 Å². The van der Waals surface area contributed by atoms with E-state index >= 15 is 0 Å². The summed E-state index contributed by atoms with van der Waals surface area (Å²) in [5.74, 6) is 1.30.